The molecule has 0 radical (unpaired) electrons. The van der Waals surface area contributed by atoms with Crippen molar-refractivity contribution >= 4 is 29.3 Å². The predicted octanol–water partition coefficient (Wildman–Crippen LogP) is 3.92. The van der Waals surface area contributed by atoms with Gasteiger partial charge in [0.15, 0.2) is 0 Å². The van der Waals surface area contributed by atoms with Crippen molar-refractivity contribution in [1.29, 1.82) is 0 Å². The van der Waals surface area contributed by atoms with Crippen LogP contribution in [-0.4, -0.2) is 77.4 Å². The summed E-state index contributed by atoms with van der Waals surface area (Å²) in [5.41, 5.74) is 1.42. The predicted molar refractivity (Wildman–Crippen MR) is 159 cm³/mol. The Morgan fingerprint density at radius 2 is 1.88 bits per heavy atom. The number of aromatic nitrogens is 2. The third-order valence-corrected chi connectivity index (χ3v) is 7.28. The molecule has 0 unspecified atom stereocenters. The van der Waals surface area contributed by atoms with E-state index >= 15 is 0 Å². The number of anilines is 3. The van der Waals surface area contributed by atoms with Crippen molar-refractivity contribution in [3.05, 3.63) is 54.0 Å². The first kappa shape index (κ1) is 30.0. The third kappa shape index (κ3) is 9.29. The number of carbonyl (C=O) groups excluding carboxylic acids is 2. The topological polar surface area (TPSA) is 102 Å². The summed E-state index contributed by atoms with van der Waals surface area (Å²) in [6, 6.07) is 5.86. The van der Waals surface area contributed by atoms with E-state index < -0.39 is 6.04 Å². The first-order valence-corrected chi connectivity index (χ1v) is 14.2. The number of nitrogens with zero attached hydrogens (tertiary/aromatic N) is 4. The zero-order chi connectivity index (χ0) is 29.4. The molecule has 9 nitrogen and oxygen atoms in total. The quantitative estimate of drug-likeness (QED) is 0.299. The molecule has 3 atom stereocenters. The second-order valence-electron chi connectivity index (χ2n) is 11.1. The molecule has 2 amide bonds. The van der Waals surface area contributed by atoms with Crippen molar-refractivity contribution in [2.24, 2.45) is 5.92 Å². The molecule has 0 bridgehead atoms. The number of hydrogen-bond acceptors (Lipinski definition) is 7. The molecule has 1 aromatic carbocycles. The monoisotopic (exact) mass is 561 g/mol. The number of hydrogen-bond donors (Lipinski definition) is 3. The molecule has 10 heteroatoms. The molecule has 0 saturated heterocycles. The Morgan fingerprint density at radius 3 is 2.59 bits per heavy atom. The van der Waals surface area contributed by atoms with E-state index in [0.717, 1.165) is 44.1 Å². The zero-order valence-electron chi connectivity index (χ0n) is 24.3. The number of nitrogens with one attached hydrogen (secondary N) is 3. The van der Waals surface area contributed by atoms with Gasteiger partial charge in [0.25, 0.3) is 0 Å². The molecule has 3 N–H and O–H groups in total. The fourth-order valence-electron chi connectivity index (χ4n) is 4.53. The van der Waals surface area contributed by atoms with Crippen LogP contribution in [0.15, 0.2) is 42.6 Å². The summed E-state index contributed by atoms with van der Waals surface area (Å²) in [5.74, 6) is 7.24. The molecule has 2 aromatic rings. The van der Waals surface area contributed by atoms with Gasteiger partial charge >= 0.3 is 0 Å². The Hall–Kier alpha value is -3.97. The lowest BCUT2D eigenvalue weighted by atomic mass is 9.86. The number of benzene rings is 1. The second kappa shape index (κ2) is 14.1. The summed E-state index contributed by atoms with van der Waals surface area (Å²) in [6.45, 7) is 2.40. The van der Waals surface area contributed by atoms with Crippen molar-refractivity contribution < 1.29 is 14.0 Å². The van der Waals surface area contributed by atoms with Crippen molar-refractivity contribution in [3.63, 3.8) is 0 Å². The highest BCUT2D eigenvalue weighted by Gasteiger charge is 2.27. The molecule has 2 aliphatic carbocycles. The van der Waals surface area contributed by atoms with E-state index in [4.69, 9.17) is 0 Å². The highest BCUT2D eigenvalue weighted by atomic mass is 19.1. The van der Waals surface area contributed by atoms with E-state index in [9.17, 15) is 14.0 Å². The SMILES string of the molecule is C[C@@H](C(=O)N[C@H]1CCC[C@@H](C#Cc2cnc(Nc3ccc(F)cc3)nc2NC2CC2)C1)N(C)C(=O)C=CCN(C)C. The van der Waals surface area contributed by atoms with Crippen LogP contribution in [0.2, 0.25) is 0 Å². The van der Waals surface area contributed by atoms with Crippen LogP contribution in [0.25, 0.3) is 0 Å². The normalized spacial score (nSPS) is 19.3. The maximum atomic E-state index is 13.2. The third-order valence-electron chi connectivity index (χ3n) is 7.28. The fourth-order valence-corrected chi connectivity index (χ4v) is 4.53. The minimum absolute atomic E-state index is 0.00776. The highest BCUT2D eigenvalue weighted by Crippen LogP contribution is 2.27. The summed E-state index contributed by atoms with van der Waals surface area (Å²) in [6.07, 6.45) is 10.8. The molecule has 1 aromatic heterocycles. The van der Waals surface area contributed by atoms with Gasteiger partial charge in [-0.2, -0.15) is 4.98 Å². The lowest BCUT2D eigenvalue weighted by molar-refractivity contribution is -0.135. The van der Waals surface area contributed by atoms with Crippen LogP contribution in [0.1, 0.15) is 51.0 Å². The maximum absolute atomic E-state index is 13.2. The Bertz CT molecular complexity index is 1300. The standard InChI is InChI=1S/C31H40FN7O2/c1-21(39(4)28(40)9-6-18-38(2)3)30(41)35-27-8-5-7-22(19-27)10-11-23-20-33-31(37-29(23)34-25-16-17-25)36-26-14-12-24(32)13-15-26/h6,9,12-15,20-22,25,27H,5,7-8,16-19H2,1-4H3,(H,35,41)(H2,33,34,36,37)/t21-,22-,27-/m0/s1. The van der Waals surface area contributed by atoms with Gasteiger partial charge in [0.2, 0.25) is 17.8 Å². The van der Waals surface area contributed by atoms with E-state index in [0.29, 0.717) is 30.0 Å². The first-order valence-electron chi connectivity index (χ1n) is 14.2. The number of rotatable bonds is 10. The van der Waals surface area contributed by atoms with Gasteiger partial charge in [-0.05, 0) is 77.4 Å². The van der Waals surface area contributed by atoms with E-state index in [1.807, 2.05) is 19.0 Å². The van der Waals surface area contributed by atoms with Crippen molar-refractivity contribution in [3.8, 4) is 11.8 Å². The average Bonchev–Trinajstić information content (AvgIpc) is 3.77. The van der Waals surface area contributed by atoms with Crippen LogP contribution in [0.5, 0.6) is 0 Å². The zero-order valence-corrected chi connectivity index (χ0v) is 24.3. The summed E-state index contributed by atoms with van der Waals surface area (Å²) in [7, 11) is 5.51. The molecule has 41 heavy (non-hydrogen) atoms. The minimum atomic E-state index is -0.576. The van der Waals surface area contributed by atoms with Crippen LogP contribution >= 0.6 is 0 Å². The number of likely N-dealkylation sites (N-methyl/N-ethyl adjacent to an activating group) is 2. The molecule has 2 fully saturated rings. The summed E-state index contributed by atoms with van der Waals surface area (Å²) >= 11 is 0. The molecular weight excluding hydrogens is 521 g/mol. The lowest BCUT2D eigenvalue weighted by Gasteiger charge is -2.30. The van der Waals surface area contributed by atoms with Gasteiger partial charge in [0, 0.05) is 43.4 Å². The minimum Gasteiger partial charge on any atom is -0.366 e. The van der Waals surface area contributed by atoms with Crippen LogP contribution in [0, 0.1) is 23.6 Å². The largest absolute Gasteiger partial charge is 0.366 e. The highest BCUT2D eigenvalue weighted by molar-refractivity contribution is 5.92. The van der Waals surface area contributed by atoms with Crippen LogP contribution in [0.4, 0.5) is 21.8 Å². The van der Waals surface area contributed by atoms with Gasteiger partial charge in [-0.1, -0.05) is 24.3 Å². The van der Waals surface area contributed by atoms with Gasteiger partial charge in [-0.25, -0.2) is 9.37 Å². The van der Waals surface area contributed by atoms with Gasteiger partial charge in [0.05, 0.1) is 11.8 Å². The van der Waals surface area contributed by atoms with Crippen LogP contribution in [0.3, 0.4) is 0 Å². The van der Waals surface area contributed by atoms with Crippen LogP contribution < -0.4 is 16.0 Å². The first-order chi connectivity index (χ1) is 19.7. The van der Waals surface area contributed by atoms with Gasteiger partial charge in [-0.15, -0.1) is 0 Å². The van der Waals surface area contributed by atoms with E-state index in [-0.39, 0.29) is 29.6 Å². The van der Waals surface area contributed by atoms with Crippen molar-refractivity contribution in [2.45, 2.75) is 63.6 Å². The van der Waals surface area contributed by atoms with E-state index in [1.54, 1.807) is 38.4 Å². The molecule has 218 valence electrons. The van der Waals surface area contributed by atoms with E-state index in [1.165, 1.54) is 23.1 Å². The molecule has 4 rings (SSSR count). The molecule has 2 aliphatic rings. The lowest BCUT2D eigenvalue weighted by Crippen LogP contribution is -2.49. The van der Waals surface area contributed by atoms with Gasteiger partial charge in [-0.3, -0.25) is 9.59 Å². The Balaban J connectivity index is 1.36. The number of halogens is 1. The van der Waals surface area contributed by atoms with Crippen molar-refractivity contribution in [2.75, 3.05) is 38.3 Å². The number of amides is 2. The Kier molecular flexibility index (Phi) is 10.3. The average molecular weight is 562 g/mol. The van der Waals surface area contributed by atoms with E-state index in [2.05, 4.69) is 37.8 Å². The molecule has 0 spiro atoms. The Morgan fingerprint density at radius 1 is 1.12 bits per heavy atom. The summed E-state index contributed by atoms with van der Waals surface area (Å²) in [5, 5.41) is 9.69. The summed E-state index contributed by atoms with van der Waals surface area (Å²) in [4.78, 5) is 37.9. The second-order valence-corrected chi connectivity index (χ2v) is 11.1. The molecule has 0 aliphatic heterocycles. The van der Waals surface area contributed by atoms with Gasteiger partial charge in [0.1, 0.15) is 17.7 Å². The van der Waals surface area contributed by atoms with Gasteiger partial charge < -0.3 is 25.8 Å². The molecular formula is C31H40FN7O2. The van der Waals surface area contributed by atoms with Crippen molar-refractivity contribution in [1.82, 2.24) is 25.1 Å². The fraction of sp³-hybridized carbons (Fsp3) is 0.484. The summed E-state index contributed by atoms with van der Waals surface area (Å²) < 4.78 is 13.2. The van der Waals surface area contributed by atoms with Crippen LogP contribution in [-0.2, 0) is 9.59 Å². The Labute approximate surface area is 242 Å². The maximum Gasteiger partial charge on any atom is 0.246 e. The molecule has 2 saturated carbocycles. The smallest absolute Gasteiger partial charge is 0.246 e. The molecule has 1 heterocycles. The number of carbonyl (C=O) groups is 2.